The maximum absolute atomic E-state index is 13.3. The van der Waals surface area contributed by atoms with Crippen molar-refractivity contribution in [1.82, 2.24) is 9.80 Å². The van der Waals surface area contributed by atoms with Crippen LogP contribution in [0.15, 0.2) is 77.5 Å². The molecule has 3 heterocycles. The quantitative estimate of drug-likeness (QED) is 0.229. The third kappa shape index (κ3) is 5.32. The van der Waals surface area contributed by atoms with Crippen LogP contribution in [0, 0.1) is 16.0 Å². The molecule has 1 fully saturated rings. The fraction of sp³-hybridized carbons (Fsp3) is 0.345. The number of nitro groups is 1. The molecule has 0 bridgehead atoms. The number of benzene rings is 2. The lowest BCUT2D eigenvalue weighted by Gasteiger charge is -2.44. The minimum atomic E-state index is -0.860. The number of nitro benzene ring substituents is 1. The molecule has 2 amide bonds. The molecule has 3 aliphatic heterocycles. The van der Waals surface area contributed by atoms with Gasteiger partial charge in [0, 0.05) is 25.2 Å². The smallest absolute Gasteiger partial charge is 0.410 e. The van der Waals surface area contributed by atoms with Crippen molar-refractivity contribution in [2.75, 3.05) is 13.1 Å². The van der Waals surface area contributed by atoms with E-state index >= 15 is 0 Å². The second kappa shape index (κ2) is 11.3. The van der Waals surface area contributed by atoms with E-state index in [0.717, 1.165) is 11.1 Å². The highest BCUT2D eigenvalue weighted by Crippen LogP contribution is 2.47. The van der Waals surface area contributed by atoms with Crippen LogP contribution in [0.1, 0.15) is 30.9 Å². The number of amides is 2. The molecule has 5 rings (SSSR count). The zero-order valence-corrected chi connectivity index (χ0v) is 21.9. The van der Waals surface area contributed by atoms with Gasteiger partial charge in [0.1, 0.15) is 18.9 Å². The number of aliphatic hydroxyl groups is 1. The van der Waals surface area contributed by atoms with E-state index in [9.17, 15) is 29.6 Å². The standard InChI is InChI=1S/C29H29N3O8/c1-18(33)25-24-15-23(21-11-13-30(14-12-21)29(36)40-17-19-5-3-2-4-6-19)26(31(24)27(25)34)28(35)39-16-20-7-9-22(10-8-20)32(37)38/h2-11,18,24-25,33H,12-17H2,1H3/t18-,24-,25-/m1/s1. The van der Waals surface area contributed by atoms with Gasteiger partial charge in [-0.1, -0.05) is 36.4 Å². The molecule has 3 aliphatic rings. The maximum atomic E-state index is 13.3. The highest BCUT2D eigenvalue weighted by atomic mass is 16.6. The molecule has 1 N–H and O–H groups in total. The molecule has 0 unspecified atom stereocenters. The molecule has 1 saturated heterocycles. The summed E-state index contributed by atoms with van der Waals surface area (Å²) in [5.41, 5.74) is 3.05. The zero-order chi connectivity index (χ0) is 28.4. The normalized spacial score (nSPS) is 20.9. The van der Waals surface area contributed by atoms with Crippen molar-refractivity contribution in [2.45, 2.75) is 45.1 Å². The van der Waals surface area contributed by atoms with Crippen LogP contribution >= 0.6 is 0 Å². The Morgan fingerprint density at radius 2 is 1.75 bits per heavy atom. The van der Waals surface area contributed by atoms with Crippen LogP contribution < -0.4 is 0 Å². The predicted octanol–water partition coefficient (Wildman–Crippen LogP) is 3.47. The minimum Gasteiger partial charge on any atom is -0.456 e. The number of non-ortho nitro benzene ring substituents is 1. The second-order valence-electron chi connectivity index (χ2n) is 10.0. The van der Waals surface area contributed by atoms with Crippen molar-refractivity contribution < 1.29 is 33.9 Å². The van der Waals surface area contributed by atoms with Gasteiger partial charge in [-0.3, -0.25) is 14.9 Å². The summed E-state index contributed by atoms with van der Waals surface area (Å²) in [6, 6.07) is 14.7. The Bertz CT molecular complexity index is 1380. The SMILES string of the molecule is C[C@@H](O)[C@H]1C(=O)N2C(C(=O)OCc3ccc([N+](=O)[O-])cc3)=C(C3=CCN(C(=O)OCc4ccccc4)CC3)C[C@H]12. The van der Waals surface area contributed by atoms with Crippen molar-refractivity contribution in [3.63, 3.8) is 0 Å². The van der Waals surface area contributed by atoms with Crippen LogP contribution in [-0.4, -0.2) is 63.0 Å². The van der Waals surface area contributed by atoms with Gasteiger partial charge in [0.15, 0.2) is 0 Å². The third-order valence-corrected chi connectivity index (χ3v) is 7.50. The predicted molar refractivity (Wildman–Crippen MR) is 141 cm³/mol. The summed E-state index contributed by atoms with van der Waals surface area (Å²) >= 11 is 0. The lowest BCUT2D eigenvalue weighted by Crippen LogP contribution is -2.61. The number of rotatable bonds is 8. The molecule has 11 heteroatoms. The summed E-state index contributed by atoms with van der Waals surface area (Å²) in [6.45, 7) is 2.27. The first-order valence-corrected chi connectivity index (χ1v) is 13.0. The van der Waals surface area contributed by atoms with E-state index < -0.39 is 29.0 Å². The Hall–Kier alpha value is -4.51. The summed E-state index contributed by atoms with van der Waals surface area (Å²) in [5, 5.41) is 21.0. The third-order valence-electron chi connectivity index (χ3n) is 7.50. The van der Waals surface area contributed by atoms with E-state index in [1.54, 1.807) is 11.8 Å². The number of aliphatic hydroxyl groups excluding tert-OH is 1. The average Bonchev–Trinajstić information content (AvgIpc) is 3.30. The molecule has 2 aromatic rings. The first kappa shape index (κ1) is 27.1. The van der Waals surface area contributed by atoms with Crippen LogP contribution in [0.25, 0.3) is 0 Å². The van der Waals surface area contributed by atoms with Crippen molar-refractivity contribution >= 4 is 23.7 Å². The molecular weight excluding hydrogens is 518 g/mol. The summed E-state index contributed by atoms with van der Waals surface area (Å²) in [5.74, 6) is -1.62. The van der Waals surface area contributed by atoms with E-state index in [4.69, 9.17) is 9.47 Å². The molecule has 40 heavy (non-hydrogen) atoms. The number of hydrogen-bond acceptors (Lipinski definition) is 8. The van der Waals surface area contributed by atoms with Gasteiger partial charge in [0.05, 0.1) is 23.0 Å². The van der Waals surface area contributed by atoms with E-state index in [2.05, 4.69) is 0 Å². The van der Waals surface area contributed by atoms with Gasteiger partial charge in [-0.2, -0.15) is 0 Å². The second-order valence-corrected chi connectivity index (χ2v) is 10.0. The Morgan fingerprint density at radius 3 is 2.38 bits per heavy atom. The molecule has 3 atom stereocenters. The monoisotopic (exact) mass is 547 g/mol. The summed E-state index contributed by atoms with van der Waals surface area (Å²) < 4.78 is 11.0. The van der Waals surface area contributed by atoms with Crippen molar-refractivity contribution in [3.8, 4) is 0 Å². The number of fused-ring (bicyclic) bond motifs is 1. The number of hydrogen-bond donors (Lipinski definition) is 1. The molecule has 0 spiro atoms. The van der Waals surface area contributed by atoms with E-state index in [-0.39, 0.29) is 43.1 Å². The highest BCUT2D eigenvalue weighted by Gasteiger charge is 2.57. The number of ether oxygens (including phenoxy) is 2. The van der Waals surface area contributed by atoms with Crippen LogP contribution in [0.3, 0.4) is 0 Å². The number of carbonyl (C=O) groups is 3. The Labute approximate surface area is 230 Å². The Morgan fingerprint density at radius 1 is 1.07 bits per heavy atom. The Kier molecular flexibility index (Phi) is 7.65. The molecule has 208 valence electrons. The first-order valence-electron chi connectivity index (χ1n) is 13.0. The summed E-state index contributed by atoms with van der Waals surface area (Å²) in [4.78, 5) is 52.2. The lowest BCUT2D eigenvalue weighted by molar-refractivity contribution is -0.384. The minimum absolute atomic E-state index is 0.0729. The molecule has 0 aromatic heterocycles. The number of esters is 1. The van der Waals surface area contributed by atoms with Gasteiger partial charge >= 0.3 is 12.1 Å². The van der Waals surface area contributed by atoms with Crippen molar-refractivity contribution in [2.24, 2.45) is 5.92 Å². The highest BCUT2D eigenvalue weighted by molar-refractivity contribution is 6.01. The lowest BCUT2D eigenvalue weighted by atomic mass is 9.82. The zero-order valence-electron chi connectivity index (χ0n) is 21.9. The van der Waals surface area contributed by atoms with Gasteiger partial charge < -0.3 is 24.4 Å². The van der Waals surface area contributed by atoms with Gasteiger partial charge in [-0.15, -0.1) is 0 Å². The van der Waals surface area contributed by atoms with Crippen molar-refractivity contribution in [3.05, 3.63) is 98.8 Å². The van der Waals surface area contributed by atoms with Crippen LogP contribution in [0.5, 0.6) is 0 Å². The van der Waals surface area contributed by atoms with Gasteiger partial charge in [0.25, 0.3) is 5.69 Å². The fourth-order valence-electron chi connectivity index (χ4n) is 5.40. The number of carbonyl (C=O) groups excluding carboxylic acids is 3. The average molecular weight is 548 g/mol. The van der Waals surface area contributed by atoms with Gasteiger partial charge in [-0.05, 0) is 54.2 Å². The number of β-lactam (4-membered cyclic amide) rings is 1. The topological polar surface area (TPSA) is 140 Å². The van der Waals surface area contributed by atoms with Crippen LogP contribution in [0.4, 0.5) is 10.5 Å². The van der Waals surface area contributed by atoms with Crippen LogP contribution in [0.2, 0.25) is 0 Å². The summed E-state index contributed by atoms with van der Waals surface area (Å²) in [7, 11) is 0. The Balaban J connectivity index is 1.30. The molecular formula is C29H29N3O8. The summed E-state index contributed by atoms with van der Waals surface area (Å²) in [6.07, 6.45) is 1.42. The van der Waals surface area contributed by atoms with Crippen molar-refractivity contribution in [1.29, 1.82) is 0 Å². The molecule has 0 aliphatic carbocycles. The van der Waals surface area contributed by atoms with Gasteiger partial charge in [-0.25, -0.2) is 9.59 Å². The van der Waals surface area contributed by atoms with E-state index in [1.165, 1.54) is 29.2 Å². The maximum Gasteiger partial charge on any atom is 0.410 e. The van der Waals surface area contributed by atoms with E-state index in [0.29, 0.717) is 30.5 Å². The first-order chi connectivity index (χ1) is 19.2. The number of nitrogens with zero attached hydrogens (tertiary/aromatic N) is 3. The van der Waals surface area contributed by atoms with E-state index in [1.807, 2.05) is 36.4 Å². The fourth-order valence-corrected chi connectivity index (χ4v) is 5.40. The molecule has 0 radical (unpaired) electrons. The van der Waals surface area contributed by atoms with Crippen LogP contribution in [-0.2, 0) is 32.3 Å². The molecule has 11 nitrogen and oxygen atoms in total. The largest absolute Gasteiger partial charge is 0.456 e. The molecule has 2 aromatic carbocycles. The van der Waals surface area contributed by atoms with Gasteiger partial charge in [0.2, 0.25) is 5.91 Å². The molecule has 0 saturated carbocycles.